The third-order valence-corrected chi connectivity index (χ3v) is 7.60. The number of ether oxygens (including phenoxy) is 1. The molecule has 1 amide bonds. The quantitative estimate of drug-likeness (QED) is 0.395. The maximum atomic E-state index is 15.5. The summed E-state index contributed by atoms with van der Waals surface area (Å²) in [5, 5.41) is 5.90. The third kappa shape index (κ3) is 3.64. The Kier molecular flexibility index (Phi) is 5.41. The molecule has 1 atom stereocenters. The molecule has 2 N–H and O–H groups in total. The number of aromatic nitrogens is 2. The molecule has 37 heavy (non-hydrogen) atoms. The lowest BCUT2D eigenvalue weighted by Gasteiger charge is -2.21. The molecule has 3 aromatic rings. The average molecular weight is 501 g/mol. The van der Waals surface area contributed by atoms with Crippen molar-refractivity contribution in [3.63, 3.8) is 0 Å². The van der Waals surface area contributed by atoms with Gasteiger partial charge in [-0.1, -0.05) is 18.2 Å². The van der Waals surface area contributed by atoms with Gasteiger partial charge in [0.05, 0.1) is 11.0 Å². The molecule has 0 bridgehead atoms. The number of carbonyl (C=O) groups is 3. The molecule has 3 aliphatic rings. The van der Waals surface area contributed by atoms with Gasteiger partial charge in [0.25, 0.3) is 5.91 Å². The number of ketones is 1. The standard InChI is InChI=1S/C28H25FN4O4/c1-2-31-25(35)21-6-4-17(14-33-21)16-3-5-18(20(29)13-16)27(8-9-27)24(34)23-22-19(7-11-32-23)28(37-26(22)36)10-12-30-15-28/h3-7,11,13-14,30H,2,8-10,12,15H2,1H3,(H,31,35)/t28-/m0/s1. The van der Waals surface area contributed by atoms with E-state index in [1.807, 2.05) is 6.92 Å². The Labute approximate surface area is 212 Å². The number of Topliss-reactive ketones (excluding diaryl/α,β-unsaturated/α-hetero) is 1. The molecule has 6 rings (SSSR count). The highest BCUT2D eigenvalue weighted by Crippen LogP contribution is 2.53. The van der Waals surface area contributed by atoms with Crippen LogP contribution in [-0.2, 0) is 15.8 Å². The van der Waals surface area contributed by atoms with E-state index in [1.54, 1.807) is 30.3 Å². The number of esters is 1. The number of fused-ring (bicyclic) bond motifs is 2. The number of amides is 1. The van der Waals surface area contributed by atoms with Gasteiger partial charge in [0.15, 0.2) is 11.4 Å². The minimum absolute atomic E-state index is 0.0531. The first-order chi connectivity index (χ1) is 17.9. The first-order valence-corrected chi connectivity index (χ1v) is 12.4. The summed E-state index contributed by atoms with van der Waals surface area (Å²) < 4.78 is 21.2. The van der Waals surface area contributed by atoms with E-state index in [1.165, 1.54) is 18.5 Å². The first-order valence-electron chi connectivity index (χ1n) is 12.4. The Bertz CT molecular complexity index is 1440. The fraction of sp³-hybridized carbons (Fsp3) is 0.321. The summed E-state index contributed by atoms with van der Waals surface area (Å²) in [6.45, 7) is 3.52. The second-order valence-electron chi connectivity index (χ2n) is 9.79. The molecule has 1 saturated carbocycles. The van der Waals surface area contributed by atoms with Crippen LogP contribution < -0.4 is 10.6 Å². The van der Waals surface area contributed by atoms with Crippen molar-refractivity contribution in [2.75, 3.05) is 19.6 Å². The highest BCUT2D eigenvalue weighted by atomic mass is 19.1. The lowest BCUT2D eigenvalue weighted by atomic mass is 9.84. The molecule has 2 fully saturated rings. The van der Waals surface area contributed by atoms with Gasteiger partial charge < -0.3 is 15.4 Å². The second kappa shape index (κ2) is 8.55. The SMILES string of the molecule is CCNC(=O)c1ccc(-c2ccc(C3(C(=O)c4nccc5c4C(=O)O[C@]54CCNC4)CC3)c(F)c2)cn1. The number of benzene rings is 1. The van der Waals surface area contributed by atoms with E-state index in [0.717, 1.165) is 0 Å². The van der Waals surface area contributed by atoms with Gasteiger partial charge in [0, 0.05) is 48.6 Å². The Morgan fingerprint density at radius 3 is 2.54 bits per heavy atom. The molecule has 4 heterocycles. The minimum atomic E-state index is -1.06. The van der Waals surface area contributed by atoms with E-state index in [4.69, 9.17) is 4.74 Å². The van der Waals surface area contributed by atoms with Gasteiger partial charge in [-0.2, -0.15) is 0 Å². The number of carbonyl (C=O) groups excluding carboxylic acids is 3. The largest absolute Gasteiger partial charge is 0.449 e. The van der Waals surface area contributed by atoms with Crippen LogP contribution in [0.15, 0.2) is 48.8 Å². The summed E-state index contributed by atoms with van der Waals surface area (Å²) in [6.07, 6.45) is 4.62. The van der Waals surface area contributed by atoms with E-state index in [9.17, 15) is 14.4 Å². The number of hydrogen-bond acceptors (Lipinski definition) is 7. The highest BCUT2D eigenvalue weighted by Gasteiger charge is 2.56. The van der Waals surface area contributed by atoms with Crippen LogP contribution in [0.5, 0.6) is 0 Å². The first kappa shape index (κ1) is 23.4. The van der Waals surface area contributed by atoms with E-state index < -0.39 is 22.8 Å². The second-order valence-corrected chi connectivity index (χ2v) is 9.79. The third-order valence-electron chi connectivity index (χ3n) is 7.60. The molecule has 1 spiro atoms. The zero-order chi connectivity index (χ0) is 25.8. The summed E-state index contributed by atoms with van der Waals surface area (Å²) in [4.78, 5) is 47.1. The Morgan fingerprint density at radius 2 is 1.89 bits per heavy atom. The van der Waals surface area contributed by atoms with Crippen LogP contribution in [0.4, 0.5) is 4.39 Å². The summed E-state index contributed by atoms with van der Waals surface area (Å²) in [5.41, 5.74) is 0.904. The van der Waals surface area contributed by atoms with Crippen molar-refractivity contribution in [3.8, 4) is 11.1 Å². The summed E-state index contributed by atoms with van der Waals surface area (Å²) >= 11 is 0. The van der Waals surface area contributed by atoms with Crippen molar-refractivity contribution >= 4 is 17.7 Å². The van der Waals surface area contributed by atoms with Crippen molar-refractivity contribution in [2.24, 2.45) is 0 Å². The van der Waals surface area contributed by atoms with Gasteiger partial charge in [0.1, 0.15) is 17.2 Å². The molecule has 8 nitrogen and oxygen atoms in total. The van der Waals surface area contributed by atoms with E-state index in [-0.39, 0.29) is 34.2 Å². The van der Waals surface area contributed by atoms with Crippen LogP contribution in [0.2, 0.25) is 0 Å². The number of pyridine rings is 2. The molecule has 0 radical (unpaired) electrons. The summed E-state index contributed by atoms with van der Waals surface area (Å²) in [6, 6.07) is 9.78. The number of rotatable bonds is 6. The van der Waals surface area contributed by atoms with Crippen molar-refractivity contribution in [3.05, 3.63) is 82.7 Å². The van der Waals surface area contributed by atoms with Crippen LogP contribution in [-0.4, -0.2) is 47.3 Å². The molecule has 1 aliphatic carbocycles. The van der Waals surface area contributed by atoms with Crippen molar-refractivity contribution in [1.82, 2.24) is 20.6 Å². The molecule has 1 aromatic carbocycles. The molecule has 1 saturated heterocycles. The predicted molar refractivity (Wildman–Crippen MR) is 132 cm³/mol. The van der Waals surface area contributed by atoms with Gasteiger partial charge in [-0.25, -0.2) is 9.18 Å². The normalized spacial score (nSPS) is 21.0. The predicted octanol–water partition coefficient (Wildman–Crippen LogP) is 3.31. The summed E-state index contributed by atoms with van der Waals surface area (Å²) in [5.74, 6) is -1.69. The van der Waals surface area contributed by atoms with Crippen LogP contribution in [0, 0.1) is 5.82 Å². The maximum absolute atomic E-state index is 15.5. The van der Waals surface area contributed by atoms with E-state index in [2.05, 4.69) is 20.6 Å². The van der Waals surface area contributed by atoms with Crippen molar-refractivity contribution < 1.29 is 23.5 Å². The smallest absolute Gasteiger partial charge is 0.341 e. The summed E-state index contributed by atoms with van der Waals surface area (Å²) in [7, 11) is 0. The maximum Gasteiger partial charge on any atom is 0.341 e. The number of halogens is 1. The molecular weight excluding hydrogens is 475 g/mol. The molecule has 2 aliphatic heterocycles. The number of hydrogen-bond donors (Lipinski definition) is 2. The Balaban J connectivity index is 1.31. The van der Waals surface area contributed by atoms with Crippen LogP contribution >= 0.6 is 0 Å². The van der Waals surface area contributed by atoms with E-state index in [0.29, 0.717) is 55.6 Å². The zero-order valence-corrected chi connectivity index (χ0v) is 20.3. The zero-order valence-electron chi connectivity index (χ0n) is 20.3. The fourth-order valence-corrected chi connectivity index (χ4v) is 5.49. The highest BCUT2D eigenvalue weighted by molar-refractivity contribution is 6.12. The molecular formula is C28H25FN4O4. The van der Waals surface area contributed by atoms with E-state index >= 15 is 4.39 Å². The Hall–Kier alpha value is -3.98. The van der Waals surface area contributed by atoms with Crippen molar-refractivity contribution in [2.45, 2.75) is 37.2 Å². The average Bonchev–Trinajstić information content (AvgIpc) is 3.49. The monoisotopic (exact) mass is 500 g/mol. The topological polar surface area (TPSA) is 110 Å². The van der Waals surface area contributed by atoms with Gasteiger partial charge in [-0.3, -0.25) is 19.6 Å². The number of nitrogens with one attached hydrogen (secondary N) is 2. The van der Waals surface area contributed by atoms with Crippen LogP contribution in [0.3, 0.4) is 0 Å². The Morgan fingerprint density at radius 1 is 1.08 bits per heavy atom. The molecule has 9 heteroatoms. The van der Waals surface area contributed by atoms with Gasteiger partial charge in [-0.15, -0.1) is 0 Å². The van der Waals surface area contributed by atoms with Crippen LogP contribution in [0.25, 0.3) is 11.1 Å². The van der Waals surface area contributed by atoms with Gasteiger partial charge in [0.2, 0.25) is 0 Å². The van der Waals surface area contributed by atoms with Gasteiger partial charge in [-0.05, 0) is 50.1 Å². The fourth-order valence-electron chi connectivity index (χ4n) is 5.49. The van der Waals surface area contributed by atoms with Crippen molar-refractivity contribution in [1.29, 1.82) is 0 Å². The number of nitrogens with zero attached hydrogens (tertiary/aromatic N) is 2. The minimum Gasteiger partial charge on any atom is -0.449 e. The molecule has 188 valence electrons. The lowest BCUT2D eigenvalue weighted by molar-refractivity contribution is 0.00157. The lowest BCUT2D eigenvalue weighted by Crippen LogP contribution is -2.29. The van der Waals surface area contributed by atoms with Crippen LogP contribution in [0.1, 0.15) is 68.6 Å². The molecule has 2 aromatic heterocycles. The van der Waals surface area contributed by atoms with Gasteiger partial charge >= 0.3 is 5.97 Å². The molecule has 0 unspecified atom stereocenters.